The number of ether oxygens (including phenoxy) is 2. The monoisotopic (exact) mass is 263 g/mol. The summed E-state index contributed by atoms with van der Waals surface area (Å²) in [6.07, 6.45) is 1.45. The molecule has 0 aromatic heterocycles. The molecule has 4 heteroatoms. The topological polar surface area (TPSA) is 38.8 Å². The summed E-state index contributed by atoms with van der Waals surface area (Å²) < 4.78 is 10.8. The van der Waals surface area contributed by atoms with E-state index in [1.165, 1.54) is 5.56 Å². The van der Waals surface area contributed by atoms with Crippen LogP contribution in [-0.4, -0.2) is 43.7 Å². The number of amides is 1. The van der Waals surface area contributed by atoms with E-state index in [1.807, 2.05) is 17.0 Å². The second-order valence-electron chi connectivity index (χ2n) is 4.59. The van der Waals surface area contributed by atoms with Gasteiger partial charge >= 0.3 is 0 Å². The molecule has 1 saturated heterocycles. The van der Waals surface area contributed by atoms with E-state index in [0.717, 1.165) is 12.2 Å². The van der Waals surface area contributed by atoms with Gasteiger partial charge in [0.2, 0.25) is 5.91 Å². The normalized spacial score (nSPS) is 15.3. The van der Waals surface area contributed by atoms with Gasteiger partial charge in [0.25, 0.3) is 0 Å². The lowest BCUT2D eigenvalue weighted by Gasteiger charge is -2.26. The largest absolute Gasteiger partial charge is 0.493 e. The van der Waals surface area contributed by atoms with E-state index in [-0.39, 0.29) is 5.91 Å². The molecular formula is C15H21NO3. The molecule has 1 fully saturated rings. The van der Waals surface area contributed by atoms with Crippen LogP contribution in [0.15, 0.2) is 24.3 Å². The van der Waals surface area contributed by atoms with Gasteiger partial charge in [0.1, 0.15) is 5.75 Å². The van der Waals surface area contributed by atoms with Gasteiger partial charge < -0.3 is 14.4 Å². The molecule has 104 valence electrons. The summed E-state index contributed by atoms with van der Waals surface area (Å²) in [4.78, 5) is 13.7. The van der Waals surface area contributed by atoms with E-state index in [4.69, 9.17) is 9.47 Å². The van der Waals surface area contributed by atoms with Crippen LogP contribution >= 0.6 is 0 Å². The zero-order valence-corrected chi connectivity index (χ0v) is 11.4. The highest BCUT2D eigenvalue weighted by Gasteiger charge is 2.16. The fourth-order valence-corrected chi connectivity index (χ4v) is 2.05. The van der Waals surface area contributed by atoms with Gasteiger partial charge in [-0.2, -0.15) is 0 Å². The number of carbonyl (C=O) groups is 1. The van der Waals surface area contributed by atoms with E-state index in [2.05, 4.69) is 19.1 Å². The van der Waals surface area contributed by atoms with Gasteiger partial charge in [-0.1, -0.05) is 19.1 Å². The first kappa shape index (κ1) is 13.9. The molecule has 0 bridgehead atoms. The van der Waals surface area contributed by atoms with Crippen molar-refractivity contribution in [3.8, 4) is 5.75 Å². The van der Waals surface area contributed by atoms with Gasteiger partial charge in [-0.05, 0) is 24.1 Å². The highest BCUT2D eigenvalue weighted by molar-refractivity contribution is 5.76. The Hall–Kier alpha value is -1.55. The van der Waals surface area contributed by atoms with Crippen molar-refractivity contribution in [2.45, 2.75) is 19.8 Å². The molecule has 1 aromatic carbocycles. The standard InChI is InChI=1S/C15H21NO3/c1-2-13-3-5-14(6-4-13)19-10-7-15(17)16-8-11-18-12-9-16/h3-6H,2,7-12H2,1H3. The lowest BCUT2D eigenvalue weighted by atomic mass is 10.2. The molecule has 19 heavy (non-hydrogen) atoms. The number of benzene rings is 1. The number of rotatable bonds is 5. The second-order valence-corrected chi connectivity index (χ2v) is 4.59. The molecule has 0 saturated carbocycles. The van der Waals surface area contributed by atoms with E-state index >= 15 is 0 Å². The van der Waals surface area contributed by atoms with Crippen LogP contribution in [0, 0.1) is 0 Å². The van der Waals surface area contributed by atoms with Crippen molar-refractivity contribution in [3.05, 3.63) is 29.8 Å². The van der Waals surface area contributed by atoms with E-state index in [1.54, 1.807) is 0 Å². The van der Waals surface area contributed by atoms with Crippen LogP contribution in [0.25, 0.3) is 0 Å². The Morgan fingerprint density at radius 2 is 1.95 bits per heavy atom. The summed E-state index contributed by atoms with van der Waals surface area (Å²) in [6.45, 7) is 5.24. The fraction of sp³-hybridized carbons (Fsp3) is 0.533. The Morgan fingerprint density at radius 3 is 2.58 bits per heavy atom. The van der Waals surface area contributed by atoms with Crippen molar-refractivity contribution in [1.82, 2.24) is 4.90 Å². The Labute approximate surface area is 114 Å². The maximum Gasteiger partial charge on any atom is 0.226 e. The molecule has 4 nitrogen and oxygen atoms in total. The fourth-order valence-electron chi connectivity index (χ4n) is 2.05. The van der Waals surface area contributed by atoms with E-state index in [9.17, 15) is 4.79 Å². The zero-order valence-electron chi connectivity index (χ0n) is 11.4. The minimum atomic E-state index is 0.147. The predicted octanol–water partition coefficient (Wildman–Crippen LogP) is 1.88. The molecule has 2 rings (SSSR count). The summed E-state index contributed by atoms with van der Waals surface area (Å²) in [7, 11) is 0. The van der Waals surface area contributed by atoms with Crippen molar-refractivity contribution in [2.24, 2.45) is 0 Å². The molecule has 1 heterocycles. The minimum absolute atomic E-state index is 0.147. The van der Waals surface area contributed by atoms with Crippen molar-refractivity contribution in [1.29, 1.82) is 0 Å². The highest BCUT2D eigenvalue weighted by atomic mass is 16.5. The molecule has 1 aromatic rings. The lowest BCUT2D eigenvalue weighted by Crippen LogP contribution is -2.41. The van der Waals surface area contributed by atoms with Crippen LogP contribution < -0.4 is 4.74 Å². The van der Waals surface area contributed by atoms with Crippen molar-refractivity contribution >= 4 is 5.91 Å². The SMILES string of the molecule is CCc1ccc(OCCC(=O)N2CCOCC2)cc1. The van der Waals surface area contributed by atoms with Gasteiger partial charge in [0.05, 0.1) is 26.2 Å². The van der Waals surface area contributed by atoms with Gasteiger partial charge in [-0.15, -0.1) is 0 Å². The smallest absolute Gasteiger partial charge is 0.226 e. The molecule has 1 amide bonds. The van der Waals surface area contributed by atoms with Gasteiger partial charge in [0.15, 0.2) is 0 Å². The van der Waals surface area contributed by atoms with Crippen LogP contribution in [-0.2, 0) is 16.0 Å². The number of aryl methyl sites for hydroxylation is 1. The van der Waals surface area contributed by atoms with Crippen molar-refractivity contribution < 1.29 is 14.3 Å². The van der Waals surface area contributed by atoms with Gasteiger partial charge in [0, 0.05) is 13.1 Å². The number of nitrogens with zero attached hydrogens (tertiary/aromatic N) is 1. The third-order valence-corrected chi connectivity index (χ3v) is 3.28. The maximum atomic E-state index is 11.9. The Kier molecular flexibility index (Phi) is 5.21. The summed E-state index contributed by atoms with van der Waals surface area (Å²) in [5.41, 5.74) is 1.29. The number of morpholine rings is 1. The zero-order chi connectivity index (χ0) is 13.5. The van der Waals surface area contributed by atoms with E-state index in [0.29, 0.717) is 39.3 Å². The molecule has 0 unspecified atom stereocenters. The molecule has 0 N–H and O–H groups in total. The maximum absolute atomic E-state index is 11.9. The second kappa shape index (κ2) is 7.14. The van der Waals surface area contributed by atoms with Crippen molar-refractivity contribution in [2.75, 3.05) is 32.9 Å². The summed E-state index contributed by atoms with van der Waals surface area (Å²) in [5, 5.41) is 0. The molecule has 0 aliphatic carbocycles. The summed E-state index contributed by atoms with van der Waals surface area (Å²) in [5.74, 6) is 0.973. The van der Waals surface area contributed by atoms with Crippen LogP contribution in [0.1, 0.15) is 18.9 Å². The molecule has 1 aliphatic heterocycles. The van der Waals surface area contributed by atoms with Crippen LogP contribution in [0.3, 0.4) is 0 Å². The van der Waals surface area contributed by atoms with Gasteiger partial charge in [-0.3, -0.25) is 4.79 Å². The van der Waals surface area contributed by atoms with Crippen molar-refractivity contribution in [3.63, 3.8) is 0 Å². The molecule has 1 aliphatic rings. The molecule has 0 atom stereocenters. The average molecular weight is 263 g/mol. The number of hydrogen-bond acceptors (Lipinski definition) is 3. The summed E-state index contributed by atoms with van der Waals surface area (Å²) >= 11 is 0. The first-order valence-corrected chi connectivity index (χ1v) is 6.87. The minimum Gasteiger partial charge on any atom is -0.493 e. The van der Waals surface area contributed by atoms with Gasteiger partial charge in [-0.25, -0.2) is 0 Å². The lowest BCUT2D eigenvalue weighted by molar-refractivity contribution is -0.135. The third kappa shape index (κ3) is 4.24. The summed E-state index contributed by atoms with van der Waals surface area (Å²) in [6, 6.07) is 8.02. The first-order chi connectivity index (χ1) is 9.29. The first-order valence-electron chi connectivity index (χ1n) is 6.87. The molecule has 0 radical (unpaired) electrons. The Balaban J connectivity index is 1.71. The van der Waals surface area contributed by atoms with Crippen LogP contribution in [0.4, 0.5) is 0 Å². The van der Waals surface area contributed by atoms with Crippen LogP contribution in [0.2, 0.25) is 0 Å². The molecule has 0 spiro atoms. The number of carbonyl (C=O) groups excluding carboxylic acids is 1. The molecular weight excluding hydrogens is 242 g/mol. The third-order valence-electron chi connectivity index (χ3n) is 3.28. The predicted molar refractivity (Wildman–Crippen MR) is 73.3 cm³/mol. The van der Waals surface area contributed by atoms with Crippen LogP contribution in [0.5, 0.6) is 5.75 Å². The Bertz CT molecular complexity index is 396. The van der Waals surface area contributed by atoms with E-state index < -0.39 is 0 Å². The highest BCUT2D eigenvalue weighted by Crippen LogP contribution is 2.13. The average Bonchev–Trinajstić information content (AvgIpc) is 2.49. The quantitative estimate of drug-likeness (QED) is 0.814. The Morgan fingerprint density at radius 1 is 1.26 bits per heavy atom. The number of hydrogen-bond donors (Lipinski definition) is 0.